The highest BCUT2D eigenvalue weighted by atomic mass is 32.2. The Bertz CT molecular complexity index is 855. The summed E-state index contributed by atoms with van der Waals surface area (Å²) < 4.78 is 27.7. The predicted molar refractivity (Wildman–Crippen MR) is 92.9 cm³/mol. The Kier molecular flexibility index (Phi) is 5.93. The van der Waals surface area contributed by atoms with Crippen LogP contribution in [0.25, 0.3) is 0 Å². The molecule has 25 heavy (non-hydrogen) atoms. The van der Waals surface area contributed by atoms with E-state index in [2.05, 4.69) is 5.32 Å². The lowest BCUT2D eigenvalue weighted by atomic mass is 10.1. The molecule has 0 heterocycles. The van der Waals surface area contributed by atoms with Crippen LogP contribution in [0.1, 0.15) is 21.5 Å². The first-order chi connectivity index (χ1) is 11.8. The zero-order chi connectivity index (χ0) is 18.4. The number of aryl methyl sites for hydroxylation is 1. The highest BCUT2D eigenvalue weighted by Gasteiger charge is 2.12. The van der Waals surface area contributed by atoms with Crippen LogP contribution in [-0.4, -0.2) is 33.2 Å². The number of carbonyl (C=O) groups is 2. The predicted octanol–water partition coefficient (Wildman–Crippen LogP) is 1.87. The Labute approximate surface area is 146 Å². The van der Waals surface area contributed by atoms with Gasteiger partial charge in [0.2, 0.25) is 0 Å². The Morgan fingerprint density at radius 3 is 2.16 bits per heavy atom. The van der Waals surface area contributed by atoms with Gasteiger partial charge in [0.25, 0.3) is 5.91 Å². The summed E-state index contributed by atoms with van der Waals surface area (Å²) in [5.41, 5.74) is 2.26. The lowest BCUT2D eigenvalue weighted by molar-refractivity contribution is -0.124. The number of hydrogen-bond acceptors (Lipinski definition) is 5. The van der Waals surface area contributed by atoms with Crippen LogP contribution in [0.3, 0.4) is 0 Å². The number of hydrogen-bond donors (Lipinski definition) is 1. The van der Waals surface area contributed by atoms with Crippen molar-refractivity contribution in [2.24, 2.45) is 0 Å². The van der Waals surface area contributed by atoms with Gasteiger partial charge >= 0.3 is 5.97 Å². The van der Waals surface area contributed by atoms with Crippen LogP contribution >= 0.6 is 0 Å². The van der Waals surface area contributed by atoms with Gasteiger partial charge in [-0.15, -0.1) is 0 Å². The highest BCUT2D eigenvalue weighted by molar-refractivity contribution is 7.90. The molecule has 0 bridgehead atoms. The largest absolute Gasteiger partial charge is 0.452 e. The number of esters is 1. The SMILES string of the molecule is Cc1ccc(CNC(=O)COC(=O)c2ccc(S(C)(=O)=O)cc2)cc1. The third kappa shape index (κ3) is 5.72. The van der Waals surface area contributed by atoms with Crippen LogP contribution in [0.2, 0.25) is 0 Å². The summed E-state index contributed by atoms with van der Waals surface area (Å²) in [7, 11) is -3.32. The van der Waals surface area contributed by atoms with Gasteiger partial charge in [0, 0.05) is 12.8 Å². The Morgan fingerprint density at radius 2 is 1.60 bits per heavy atom. The summed E-state index contributed by atoms with van der Waals surface area (Å²) in [4.78, 5) is 23.7. The average molecular weight is 361 g/mol. The Hall–Kier alpha value is -2.67. The van der Waals surface area contributed by atoms with E-state index in [9.17, 15) is 18.0 Å². The molecule has 2 rings (SSSR count). The van der Waals surface area contributed by atoms with Crippen molar-refractivity contribution in [3.05, 3.63) is 65.2 Å². The zero-order valence-corrected chi connectivity index (χ0v) is 14.8. The molecule has 0 radical (unpaired) electrons. The maximum absolute atomic E-state index is 11.9. The quantitative estimate of drug-likeness (QED) is 0.794. The van der Waals surface area contributed by atoms with Gasteiger partial charge in [0.05, 0.1) is 10.5 Å². The minimum atomic E-state index is -3.32. The first kappa shape index (κ1) is 18.7. The monoisotopic (exact) mass is 361 g/mol. The number of carbonyl (C=O) groups excluding carboxylic acids is 2. The maximum Gasteiger partial charge on any atom is 0.338 e. The van der Waals surface area contributed by atoms with Gasteiger partial charge < -0.3 is 10.1 Å². The van der Waals surface area contributed by atoms with Crippen molar-refractivity contribution >= 4 is 21.7 Å². The molecule has 1 N–H and O–H groups in total. The molecule has 2 aromatic carbocycles. The molecule has 6 nitrogen and oxygen atoms in total. The van der Waals surface area contributed by atoms with Crippen molar-refractivity contribution in [1.29, 1.82) is 0 Å². The fourth-order valence-electron chi connectivity index (χ4n) is 2.01. The van der Waals surface area contributed by atoms with Gasteiger partial charge in [-0.3, -0.25) is 4.79 Å². The number of nitrogens with one attached hydrogen (secondary N) is 1. The number of benzene rings is 2. The number of amides is 1. The Balaban J connectivity index is 1.82. The fourth-order valence-corrected chi connectivity index (χ4v) is 2.64. The van der Waals surface area contributed by atoms with Gasteiger partial charge in [-0.2, -0.15) is 0 Å². The molecule has 0 unspecified atom stereocenters. The van der Waals surface area contributed by atoms with Gasteiger partial charge in [-0.05, 0) is 36.8 Å². The molecule has 0 saturated carbocycles. The normalized spacial score (nSPS) is 11.0. The molecule has 0 aromatic heterocycles. The molecular weight excluding hydrogens is 342 g/mol. The number of rotatable bonds is 6. The van der Waals surface area contributed by atoms with Crippen molar-refractivity contribution in [3.63, 3.8) is 0 Å². The van der Waals surface area contributed by atoms with Crippen molar-refractivity contribution < 1.29 is 22.7 Å². The van der Waals surface area contributed by atoms with E-state index < -0.39 is 28.3 Å². The lowest BCUT2D eigenvalue weighted by Crippen LogP contribution is -2.28. The summed E-state index contributed by atoms with van der Waals surface area (Å²) in [5, 5.41) is 2.66. The van der Waals surface area contributed by atoms with Crippen LogP contribution in [0.15, 0.2) is 53.4 Å². The molecule has 2 aromatic rings. The molecule has 0 aliphatic rings. The molecule has 1 amide bonds. The zero-order valence-electron chi connectivity index (χ0n) is 14.0. The van der Waals surface area contributed by atoms with Crippen LogP contribution in [0.4, 0.5) is 0 Å². The molecule has 132 valence electrons. The second kappa shape index (κ2) is 7.94. The van der Waals surface area contributed by atoms with Crippen LogP contribution in [-0.2, 0) is 25.9 Å². The van der Waals surface area contributed by atoms with Gasteiger partial charge in [-0.25, -0.2) is 13.2 Å². The van der Waals surface area contributed by atoms with Crippen molar-refractivity contribution in [3.8, 4) is 0 Å². The van der Waals surface area contributed by atoms with Crippen LogP contribution in [0, 0.1) is 6.92 Å². The average Bonchev–Trinajstić information content (AvgIpc) is 2.58. The smallest absolute Gasteiger partial charge is 0.338 e. The van der Waals surface area contributed by atoms with E-state index in [4.69, 9.17) is 4.74 Å². The first-order valence-electron chi connectivity index (χ1n) is 7.55. The highest BCUT2D eigenvalue weighted by Crippen LogP contribution is 2.11. The summed E-state index contributed by atoms with van der Waals surface area (Å²) in [6, 6.07) is 13.1. The van der Waals surface area contributed by atoms with E-state index in [1.165, 1.54) is 24.3 Å². The van der Waals surface area contributed by atoms with E-state index in [0.29, 0.717) is 6.54 Å². The van der Waals surface area contributed by atoms with E-state index in [0.717, 1.165) is 17.4 Å². The summed E-state index contributed by atoms with van der Waals surface area (Å²) >= 11 is 0. The summed E-state index contributed by atoms with van der Waals surface area (Å²) in [6.45, 7) is 1.92. The maximum atomic E-state index is 11.9. The molecule has 7 heteroatoms. The van der Waals surface area contributed by atoms with Crippen LogP contribution < -0.4 is 5.32 Å². The number of sulfone groups is 1. The third-order valence-corrected chi connectivity index (χ3v) is 4.59. The molecule has 0 fully saturated rings. The minimum Gasteiger partial charge on any atom is -0.452 e. The van der Waals surface area contributed by atoms with Crippen molar-refractivity contribution in [1.82, 2.24) is 5.32 Å². The van der Waals surface area contributed by atoms with E-state index >= 15 is 0 Å². The molecule has 0 saturated heterocycles. The molecule has 0 atom stereocenters. The van der Waals surface area contributed by atoms with Crippen LogP contribution in [0.5, 0.6) is 0 Å². The standard InChI is InChI=1S/C18H19NO5S/c1-13-3-5-14(6-4-13)11-19-17(20)12-24-18(21)15-7-9-16(10-8-15)25(2,22)23/h3-10H,11-12H2,1-2H3,(H,19,20). The number of ether oxygens (including phenoxy) is 1. The molecule has 0 spiro atoms. The first-order valence-corrected chi connectivity index (χ1v) is 9.44. The summed E-state index contributed by atoms with van der Waals surface area (Å²) in [6.07, 6.45) is 1.08. The topological polar surface area (TPSA) is 89.5 Å². The summed E-state index contributed by atoms with van der Waals surface area (Å²) in [5.74, 6) is -1.10. The van der Waals surface area contributed by atoms with Crippen molar-refractivity contribution in [2.75, 3.05) is 12.9 Å². The minimum absolute atomic E-state index is 0.111. The third-order valence-electron chi connectivity index (χ3n) is 3.46. The fraction of sp³-hybridized carbons (Fsp3) is 0.222. The molecule has 0 aliphatic carbocycles. The molecular formula is C18H19NO5S. The van der Waals surface area contributed by atoms with Gasteiger partial charge in [-0.1, -0.05) is 29.8 Å². The van der Waals surface area contributed by atoms with E-state index in [-0.39, 0.29) is 10.5 Å². The Morgan fingerprint density at radius 1 is 1.00 bits per heavy atom. The molecule has 0 aliphatic heterocycles. The van der Waals surface area contributed by atoms with E-state index in [1.807, 2.05) is 31.2 Å². The second-order valence-electron chi connectivity index (χ2n) is 5.64. The van der Waals surface area contributed by atoms with Crippen molar-refractivity contribution in [2.45, 2.75) is 18.4 Å². The van der Waals surface area contributed by atoms with Gasteiger partial charge in [0.15, 0.2) is 16.4 Å². The van der Waals surface area contributed by atoms with E-state index in [1.54, 1.807) is 0 Å². The van der Waals surface area contributed by atoms with Gasteiger partial charge in [0.1, 0.15) is 0 Å². The lowest BCUT2D eigenvalue weighted by Gasteiger charge is -2.07. The second-order valence-corrected chi connectivity index (χ2v) is 7.65.